The smallest absolute Gasteiger partial charge is 0.0463 e. The van der Waals surface area contributed by atoms with Gasteiger partial charge in [-0.2, -0.15) is 0 Å². The average Bonchev–Trinajstić information content (AvgIpc) is 2.80. The van der Waals surface area contributed by atoms with E-state index in [0.29, 0.717) is 0 Å². The topological polar surface area (TPSA) is 12.0 Å². The van der Waals surface area contributed by atoms with Gasteiger partial charge in [-0.3, -0.25) is 0 Å². The van der Waals surface area contributed by atoms with Gasteiger partial charge in [0, 0.05) is 16.9 Å². The van der Waals surface area contributed by atoms with Crippen molar-refractivity contribution in [1.82, 2.24) is 0 Å². The van der Waals surface area contributed by atoms with Gasteiger partial charge in [0.15, 0.2) is 0 Å². The highest BCUT2D eigenvalue weighted by Gasteiger charge is 2.05. The third-order valence-corrected chi connectivity index (χ3v) is 5.26. The number of hydrogen-bond acceptors (Lipinski definition) is 1. The molecule has 0 saturated carbocycles. The van der Waals surface area contributed by atoms with Crippen molar-refractivity contribution in [2.24, 2.45) is 0 Å². The van der Waals surface area contributed by atoms with E-state index in [0.717, 1.165) is 11.4 Å². The summed E-state index contributed by atoms with van der Waals surface area (Å²) in [5, 5.41) is 6.12. The fraction of sp³-hybridized carbons (Fsp3) is 0. The molecule has 0 aliphatic rings. The molecule has 29 heavy (non-hydrogen) atoms. The van der Waals surface area contributed by atoms with Crippen LogP contribution in [0, 0.1) is 0 Å². The second-order valence-electron chi connectivity index (χ2n) is 7.18. The molecule has 0 fully saturated rings. The van der Waals surface area contributed by atoms with Crippen LogP contribution in [0.25, 0.3) is 33.0 Å². The Morgan fingerprint density at radius 2 is 1.07 bits per heavy atom. The van der Waals surface area contributed by atoms with E-state index in [1.807, 2.05) is 6.07 Å². The number of hydrogen-bond donors (Lipinski definition) is 1. The lowest BCUT2D eigenvalue weighted by Gasteiger charge is -2.13. The Labute approximate surface area is 171 Å². The van der Waals surface area contributed by atoms with E-state index in [2.05, 4.69) is 121 Å². The van der Waals surface area contributed by atoms with Crippen molar-refractivity contribution in [2.45, 2.75) is 0 Å². The molecule has 1 heteroatoms. The van der Waals surface area contributed by atoms with Gasteiger partial charge in [-0.15, -0.1) is 0 Å². The van der Waals surface area contributed by atoms with Crippen molar-refractivity contribution in [1.29, 1.82) is 0 Å². The summed E-state index contributed by atoms with van der Waals surface area (Å²) in [6, 6.07) is 42.7. The Morgan fingerprint density at radius 3 is 1.90 bits per heavy atom. The van der Waals surface area contributed by atoms with Gasteiger partial charge < -0.3 is 5.32 Å². The quantitative estimate of drug-likeness (QED) is 0.338. The van der Waals surface area contributed by atoms with E-state index in [4.69, 9.17) is 0 Å². The molecule has 0 spiro atoms. The zero-order valence-corrected chi connectivity index (χ0v) is 16.0. The lowest BCUT2D eigenvalue weighted by atomic mass is 10.0. The Bertz CT molecular complexity index is 1250. The third kappa shape index (κ3) is 3.63. The number of rotatable bonds is 4. The maximum Gasteiger partial charge on any atom is 0.0463 e. The van der Waals surface area contributed by atoms with Crippen molar-refractivity contribution in [2.75, 3.05) is 5.32 Å². The fourth-order valence-electron chi connectivity index (χ4n) is 3.73. The zero-order chi connectivity index (χ0) is 19.5. The monoisotopic (exact) mass is 371 g/mol. The summed E-state index contributed by atoms with van der Waals surface area (Å²) in [4.78, 5) is 0. The Hall–Kier alpha value is -3.84. The molecule has 0 atom stereocenters. The minimum atomic E-state index is 1.08. The Balaban J connectivity index is 1.43. The predicted octanol–water partition coefficient (Wildman–Crippen LogP) is 7.92. The molecule has 0 saturated heterocycles. The van der Waals surface area contributed by atoms with Crippen molar-refractivity contribution >= 4 is 22.1 Å². The normalized spacial score (nSPS) is 10.8. The van der Waals surface area contributed by atoms with Crippen molar-refractivity contribution in [3.8, 4) is 22.3 Å². The van der Waals surface area contributed by atoms with Crippen LogP contribution in [0.5, 0.6) is 0 Å². The summed E-state index contributed by atoms with van der Waals surface area (Å²) in [7, 11) is 0. The van der Waals surface area contributed by atoms with Crippen molar-refractivity contribution in [3.63, 3.8) is 0 Å². The van der Waals surface area contributed by atoms with Crippen LogP contribution >= 0.6 is 0 Å². The van der Waals surface area contributed by atoms with E-state index in [1.165, 1.54) is 33.0 Å². The molecule has 0 unspecified atom stereocenters. The molecule has 0 amide bonds. The zero-order valence-electron chi connectivity index (χ0n) is 16.0. The maximum atomic E-state index is 3.58. The second-order valence-corrected chi connectivity index (χ2v) is 7.18. The Morgan fingerprint density at radius 1 is 0.414 bits per heavy atom. The first kappa shape index (κ1) is 17.3. The van der Waals surface area contributed by atoms with Crippen LogP contribution in [0.3, 0.4) is 0 Å². The first-order valence-electron chi connectivity index (χ1n) is 9.87. The number of benzene rings is 5. The maximum absolute atomic E-state index is 3.58. The average molecular weight is 371 g/mol. The van der Waals surface area contributed by atoms with Crippen LogP contribution in [0.2, 0.25) is 0 Å². The van der Waals surface area contributed by atoms with Crippen molar-refractivity contribution < 1.29 is 0 Å². The van der Waals surface area contributed by atoms with Crippen LogP contribution in [0.1, 0.15) is 0 Å². The summed E-state index contributed by atoms with van der Waals surface area (Å²) in [5.74, 6) is 0. The summed E-state index contributed by atoms with van der Waals surface area (Å²) in [5.41, 5.74) is 7.06. The minimum absolute atomic E-state index is 1.08. The first-order chi connectivity index (χ1) is 14.4. The molecule has 0 aliphatic carbocycles. The molecule has 5 aromatic carbocycles. The molecule has 1 nitrogen and oxygen atoms in total. The number of para-hydroxylation sites is 1. The summed E-state index contributed by atoms with van der Waals surface area (Å²) < 4.78 is 0. The molecule has 0 heterocycles. The lowest BCUT2D eigenvalue weighted by molar-refractivity contribution is 1.53. The summed E-state index contributed by atoms with van der Waals surface area (Å²) in [6.07, 6.45) is 0. The van der Waals surface area contributed by atoms with Crippen molar-refractivity contribution in [3.05, 3.63) is 121 Å². The number of fused-ring (bicyclic) bond motifs is 1. The highest BCUT2D eigenvalue weighted by molar-refractivity contribution is 5.87. The molecule has 138 valence electrons. The van der Waals surface area contributed by atoms with E-state index in [-0.39, 0.29) is 0 Å². The minimum Gasteiger partial charge on any atom is -0.355 e. The van der Waals surface area contributed by atoms with Crippen LogP contribution < -0.4 is 5.32 Å². The molecule has 0 radical (unpaired) electrons. The predicted molar refractivity (Wildman–Crippen MR) is 125 cm³/mol. The summed E-state index contributed by atoms with van der Waals surface area (Å²) in [6.45, 7) is 0. The van der Waals surface area contributed by atoms with Gasteiger partial charge in [-0.05, 0) is 51.7 Å². The van der Waals surface area contributed by atoms with E-state index in [1.54, 1.807) is 0 Å². The van der Waals surface area contributed by atoms with Gasteiger partial charge in [-0.1, -0.05) is 97.1 Å². The van der Waals surface area contributed by atoms with Gasteiger partial charge in [-0.25, -0.2) is 0 Å². The number of nitrogens with one attached hydrogen (secondary N) is 1. The largest absolute Gasteiger partial charge is 0.355 e. The van der Waals surface area contributed by atoms with Crippen LogP contribution in [-0.4, -0.2) is 0 Å². The molecular formula is C28H21N. The fourth-order valence-corrected chi connectivity index (χ4v) is 3.73. The molecule has 5 aromatic rings. The van der Waals surface area contributed by atoms with Gasteiger partial charge >= 0.3 is 0 Å². The van der Waals surface area contributed by atoms with E-state index in [9.17, 15) is 0 Å². The molecular weight excluding hydrogens is 350 g/mol. The van der Waals surface area contributed by atoms with Crippen LogP contribution in [-0.2, 0) is 0 Å². The van der Waals surface area contributed by atoms with E-state index < -0.39 is 0 Å². The van der Waals surface area contributed by atoms with Crippen LogP contribution in [0.4, 0.5) is 11.4 Å². The third-order valence-electron chi connectivity index (χ3n) is 5.26. The molecule has 1 N–H and O–H groups in total. The second kappa shape index (κ2) is 7.65. The van der Waals surface area contributed by atoms with Gasteiger partial charge in [0.2, 0.25) is 0 Å². The van der Waals surface area contributed by atoms with E-state index >= 15 is 0 Å². The first-order valence-corrected chi connectivity index (χ1v) is 9.87. The number of anilines is 2. The Kier molecular flexibility index (Phi) is 4.56. The molecule has 5 rings (SSSR count). The SMILES string of the molecule is c1ccc(-c2ccccc2Nc2ccc(-c3ccc4ccccc4c3)cc2)cc1. The lowest BCUT2D eigenvalue weighted by Crippen LogP contribution is -1.93. The molecule has 0 aromatic heterocycles. The standard InChI is InChI=1S/C28H21N/c1-2-9-23(10-3-1)27-12-6-7-13-28(27)29-26-18-16-22(17-19-26)25-15-14-21-8-4-5-11-24(21)20-25/h1-20,29H. The highest BCUT2D eigenvalue weighted by Crippen LogP contribution is 2.31. The van der Waals surface area contributed by atoms with Gasteiger partial charge in [0.25, 0.3) is 0 Å². The molecule has 0 bridgehead atoms. The highest BCUT2D eigenvalue weighted by atomic mass is 14.9. The molecule has 0 aliphatic heterocycles. The summed E-state index contributed by atoms with van der Waals surface area (Å²) >= 11 is 0. The van der Waals surface area contributed by atoms with Gasteiger partial charge in [0.05, 0.1) is 0 Å². The van der Waals surface area contributed by atoms with Gasteiger partial charge in [0.1, 0.15) is 0 Å². The van der Waals surface area contributed by atoms with Crippen LogP contribution in [0.15, 0.2) is 121 Å².